The Morgan fingerprint density at radius 2 is 2.15 bits per heavy atom. The molecule has 5 nitrogen and oxygen atoms in total. The zero-order chi connectivity index (χ0) is 10.0. The minimum atomic E-state index is -0.802. The summed E-state index contributed by atoms with van der Waals surface area (Å²) >= 11 is 0. The van der Waals surface area contributed by atoms with E-state index in [1.807, 2.05) is 0 Å². The molecule has 6 heteroatoms. The molecule has 13 heavy (non-hydrogen) atoms. The lowest BCUT2D eigenvalue weighted by molar-refractivity contribution is -0.385. The highest BCUT2D eigenvalue weighted by Gasteiger charge is 2.15. The normalized spacial score (nSPS) is 10.0. The van der Waals surface area contributed by atoms with Gasteiger partial charge in [-0.2, -0.15) is 0 Å². The fraction of sp³-hybridized carbons (Fsp3) is 0.143. The highest BCUT2D eigenvalue weighted by Crippen LogP contribution is 2.23. The van der Waals surface area contributed by atoms with Crippen molar-refractivity contribution in [3.63, 3.8) is 0 Å². The molecule has 0 aliphatic rings. The number of nitrogens with two attached hydrogens (primary N) is 2. The molecule has 0 amide bonds. The Kier molecular flexibility index (Phi) is 2.43. The SMILES string of the molecule is NCc1cc(N)c(F)cc1[N+](=O)[O-]. The number of rotatable bonds is 2. The molecule has 0 atom stereocenters. The number of hydrogen-bond acceptors (Lipinski definition) is 4. The van der Waals surface area contributed by atoms with Crippen LogP contribution in [0.4, 0.5) is 15.8 Å². The summed E-state index contributed by atoms with van der Waals surface area (Å²) in [5.41, 5.74) is 10.2. The molecule has 1 aromatic rings. The molecule has 0 saturated carbocycles. The molecular weight excluding hydrogens is 177 g/mol. The third-order valence-corrected chi connectivity index (χ3v) is 1.61. The van der Waals surface area contributed by atoms with Crippen LogP contribution in [0.3, 0.4) is 0 Å². The summed E-state index contributed by atoms with van der Waals surface area (Å²) in [7, 11) is 0. The average Bonchev–Trinajstić information content (AvgIpc) is 2.08. The van der Waals surface area contributed by atoms with Gasteiger partial charge in [0, 0.05) is 12.1 Å². The Balaban J connectivity index is 3.33. The first kappa shape index (κ1) is 9.40. The van der Waals surface area contributed by atoms with Gasteiger partial charge in [0.15, 0.2) is 5.82 Å². The molecule has 4 N–H and O–H groups in total. The maximum absolute atomic E-state index is 12.8. The highest BCUT2D eigenvalue weighted by atomic mass is 19.1. The van der Waals surface area contributed by atoms with E-state index in [0.29, 0.717) is 0 Å². The maximum Gasteiger partial charge on any atom is 0.276 e. The van der Waals surface area contributed by atoms with Crippen LogP contribution in [0.1, 0.15) is 5.56 Å². The van der Waals surface area contributed by atoms with E-state index < -0.39 is 10.7 Å². The van der Waals surface area contributed by atoms with Gasteiger partial charge in [0.25, 0.3) is 5.69 Å². The quantitative estimate of drug-likeness (QED) is 0.404. The first-order valence-corrected chi connectivity index (χ1v) is 3.48. The Bertz CT molecular complexity index is 354. The second kappa shape index (κ2) is 3.36. The van der Waals surface area contributed by atoms with Crippen molar-refractivity contribution in [2.75, 3.05) is 5.73 Å². The summed E-state index contributed by atoms with van der Waals surface area (Å²) in [4.78, 5) is 9.70. The fourth-order valence-electron chi connectivity index (χ4n) is 0.960. The minimum Gasteiger partial charge on any atom is -0.396 e. The monoisotopic (exact) mass is 185 g/mol. The summed E-state index contributed by atoms with van der Waals surface area (Å²) in [6.45, 7) is -0.0409. The zero-order valence-electron chi connectivity index (χ0n) is 6.66. The molecule has 0 radical (unpaired) electrons. The van der Waals surface area contributed by atoms with Crippen LogP contribution in [0.15, 0.2) is 12.1 Å². The topological polar surface area (TPSA) is 95.2 Å². The van der Waals surface area contributed by atoms with Gasteiger partial charge in [-0.3, -0.25) is 10.1 Å². The Labute approximate surface area is 73.3 Å². The Morgan fingerprint density at radius 3 is 2.62 bits per heavy atom. The van der Waals surface area contributed by atoms with Crippen LogP contribution in [0.2, 0.25) is 0 Å². The molecule has 1 rings (SSSR count). The standard InChI is InChI=1S/C7H8FN3O2/c8-5-2-7(11(12)13)4(3-9)1-6(5)10/h1-2H,3,9-10H2. The maximum atomic E-state index is 12.8. The molecule has 0 saturated heterocycles. The van der Waals surface area contributed by atoms with E-state index in [-0.39, 0.29) is 23.5 Å². The Morgan fingerprint density at radius 1 is 1.54 bits per heavy atom. The summed E-state index contributed by atoms with van der Waals surface area (Å²) < 4.78 is 12.8. The van der Waals surface area contributed by atoms with Gasteiger partial charge in [-0.1, -0.05) is 0 Å². The predicted octanol–water partition coefficient (Wildman–Crippen LogP) is 0.775. The molecule has 0 unspecified atom stereocenters. The number of hydrogen-bond donors (Lipinski definition) is 2. The molecule has 0 aromatic heterocycles. The van der Waals surface area contributed by atoms with Gasteiger partial charge in [0.1, 0.15) is 0 Å². The van der Waals surface area contributed by atoms with E-state index in [9.17, 15) is 14.5 Å². The summed E-state index contributed by atoms with van der Waals surface area (Å²) in [6, 6.07) is 1.95. The zero-order valence-corrected chi connectivity index (χ0v) is 6.66. The first-order chi connectivity index (χ1) is 6.06. The lowest BCUT2D eigenvalue weighted by atomic mass is 10.1. The number of nitro groups is 1. The van der Waals surface area contributed by atoms with Crippen molar-refractivity contribution in [2.24, 2.45) is 5.73 Å². The molecule has 0 heterocycles. The number of halogens is 1. The van der Waals surface area contributed by atoms with Gasteiger partial charge in [0.05, 0.1) is 16.7 Å². The average molecular weight is 185 g/mol. The number of anilines is 1. The van der Waals surface area contributed by atoms with Crippen LogP contribution in [0.25, 0.3) is 0 Å². The van der Waals surface area contributed by atoms with Crippen molar-refractivity contribution in [1.29, 1.82) is 0 Å². The van der Waals surface area contributed by atoms with E-state index in [4.69, 9.17) is 11.5 Å². The molecular formula is C7H8FN3O2. The fourth-order valence-corrected chi connectivity index (χ4v) is 0.960. The molecule has 0 aliphatic heterocycles. The van der Waals surface area contributed by atoms with Crippen LogP contribution < -0.4 is 11.5 Å². The van der Waals surface area contributed by atoms with Crippen molar-refractivity contribution in [3.8, 4) is 0 Å². The number of benzene rings is 1. The second-order valence-electron chi connectivity index (χ2n) is 2.46. The van der Waals surface area contributed by atoms with Crippen LogP contribution in [0, 0.1) is 15.9 Å². The largest absolute Gasteiger partial charge is 0.396 e. The van der Waals surface area contributed by atoms with Gasteiger partial charge < -0.3 is 11.5 Å². The molecule has 0 fully saturated rings. The third kappa shape index (κ3) is 1.73. The third-order valence-electron chi connectivity index (χ3n) is 1.61. The molecule has 0 aliphatic carbocycles. The lowest BCUT2D eigenvalue weighted by Crippen LogP contribution is -2.04. The van der Waals surface area contributed by atoms with E-state index in [0.717, 1.165) is 6.07 Å². The minimum absolute atomic E-state index is 0.0409. The lowest BCUT2D eigenvalue weighted by Gasteiger charge is -2.01. The number of nitro benzene ring substituents is 1. The van der Waals surface area contributed by atoms with Crippen LogP contribution in [0.5, 0.6) is 0 Å². The number of nitrogen functional groups attached to an aromatic ring is 1. The summed E-state index contributed by atoms with van der Waals surface area (Å²) in [6.07, 6.45) is 0. The Hall–Kier alpha value is -1.69. The van der Waals surface area contributed by atoms with Crippen molar-refractivity contribution < 1.29 is 9.31 Å². The molecule has 0 bridgehead atoms. The highest BCUT2D eigenvalue weighted by molar-refractivity contribution is 5.52. The van der Waals surface area contributed by atoms with Crippen molar-refractivity contribution in [2.45, 2.75) is 6.54 Å². The van der Waals surface area contributed by atoms with Crippen LogP contribution in [-0.2, 0) is 6.54 Å². The van der Waals surface area contributed by atoms with Crippen LogP contribution >= 0.6 is 0 Å². The number of nitrogens with zero attached hydrogens (tertiary/aromatic N) is 1. The van der Waals surface area contributed by atoms with E-state index in [1.54, 1.807) is 0 Å². The summed E-state index contributed by atoms with van der Waals surface area (Å²) in [5.74, 6) is -0.802. The summed E-state index contributed by atoms with van der Waals surface area (Å²) in [5, 5.41) is 10.4. The van der Waals surface area contributed by atoms with Gasteiger partial charge in [-0.25, -0.2) is 4.39 Å². The van der Waals surface area contributed by atoms with Crippen molar-refractivity contribution in [1.82, 2.24) is 0 Å². The van der Waals surface area contributed by atoms with E-state index in [1.165, 1.54) is 6.07 Å². The second-order valence-corrected chi connectivity index (χ2v) is 2.46. The smallest absolute Gasteiger partial charge is 0.276 e. The van der Waals surface area contributed by atoms with E-state index in [2.05, 4.69) is 0 Å². The predicted molar refractivity (Wildman–Crippen MR) is 45.4 cm³/mol. The van der Waals surface area contributed by atoms with Gasteiger partial charge in [-0.05, 0) is 6.07 Å². The first-order valence-electron chi connectivity index (χ1n) is 3.48. The van der Waals surface area contributed by atoms with Crippen LogP contribution in [-0.4, -0.2) is 4.92 Å². The molecule has 70 valence electrons. The van der Waals surface area contributed by atoms with Gasteiger partial charge in [-0.15, -0.1) is 0 Å². The molecule has 0 spiro atoms. The van der Waals surface area contributed by atoms with Crippen molar-refractivity contribution >= 4 is 11.4 Å². The van der Waals surface area contributed by atoms with Gasteiger partial charge >= 0.3 is 0 Å². The van der Waals surface area contributed by atoms with E-state index >= 15 is 0 Å². The van der Waals surface area contributed by atoms with Gasteiger partial charge in [0.2, 0.25) is 0 Å². The van der Waals surface area contributed by atoms with Crippen molar-refractivity contribution in [3.05, 3.63) is 33.6 Å². The molecule has 1 aromatic carbocycles.